The molecule has 0 aliphatic rings. The fraction of sp³-hybridized carbons (Fsp3) is 0.0769. The average Bonchev–Trinajstić information content (AvgIpc) is 2.30. The fourth-order valence-corrected chi connectivity index (χ4v) is 3.20. The highest BCUT2D eigenvalue weighted by Gasteiger charge is 2.04. The van der Waals surface area contributed by atoms with Crippen molar-refractivity contribution in [3.05, 3.63) is 61.4 Å². The predicted octanol–water partition coefficient (Wildman–Crippen LogP) is 5.59. The van der Waals surface area contributed by atoms with Gasteiger partial charge in [0.2, 0.25) is 0 Å². The molecular weight excluding hydrogens is 410 g/mol. The van der Waals surface area contributed by atoms with Gasteiger partial charge in [0, 0.05) is 20.0 Å². The Kier molecular flexibility index (Phi) is 4.65. The third kappa shape index (κ3) is 3.33. The topological polar surface area (TPSA) is 12.0 Å². The number of anilines is 1. The molecule has 0 atom stereocenters. The maximum absolute atomic E-state index is 3.54. The Morgan fingerprint density at radius 1 is 0.765 bits per heavy atom. The third-order valence-electron chi connectivity index (χ3n) is 2.38. The minimum absolute atomic E-state index is 0.780. The molecule has 0 fully saturated rings. The second-order valence-electron chi connectivity index (χ2n) is 3.54. The summed E-state index contributed by atoms with van der Waals surface area (Å²) >= 11 is 10.6. The number of nitrogens with one attached hydrogen (secondary N) is 1. The van der Waals surface area contributed by atoms with E-state index in [0.29, 0.717) is 0 Å². The number of halogens is 3. The van der Waals surface area contributed by atoms with Crippen LogP contribution in [0.2, 0.25) is 0 Å². The summed E-state index contributed by atoms with van der Waals surface area (Å²) in [5.41, 5.74) is 2.30. The molecule has 0 amide bonds. The first kappa shape index (κ1) is 13.1. The fourth-order valence-electron chi connectivity index (χ4n) is 1.49. The van der Waals surface area contributed by atoms with Gasteiger partial charge in [0.1, 0.15) is 0 Å². The van der Waals surface area contributed by atoms with Crippen molar-refractivity contribution < 1.29 is 0 Å². The highest BCUT2D eigenvalue weighted by molar-refractivity contribution is 9.11. The van der Waals surface area contributed by atoms with Crippen LogP contribution in [0, 0.1) is 0 Å². The Labute approximate surface area is 126 Å². The van der Waals surface area contributed by atoms with Crippen LogP contribution in [-0.2, 0) is 6.54 Å². The van der Waals surface area contributed by atoms with E-state index < -0.39 is 0 Å². The molecule has 2 aromatic carbocycles. The Balaban J connectivity index is 2.16. The van der Waals surface area contributed by atoms with Crippen molar-refractivity contribution in [1.29, 1.82) is 0 Å². The molecule has 2 aromatic rings. The molecule has 0 heterocycles. The van der Waals surface area contributed by atoms with Crippen molar-refractivity contribution in [3.63, 3.8) is 0 Å². The first-order valence-electron chi connectivity index (χ1n) is 5.10. The van der Waals surface area contributed by atoms with E-state index in [9.17, 15) is 0 Å². The maximum atomic E-state index is 3.54. The molecule has 0 saturated carbocycles. The van der Waals surface area contributed by atoms with Gasteiger partial charge < -0.3 is 5.32 Å². The lowest BCUT2D eigenvalue weighted by Gasteiger charge is -2.11. The zero-order chi connectivity index (χ0) is 12.3. The lowest BCUT2D eigenvalue weighted by Crippen LogP contribution is -2.01. The van der Waals surface area contributed by atoms with Crippen molar-refractivity contribution >= 4 is 53.5 Å². The van der Waals surface area contributed by atoms with E-state index in [-0.39, 0.29) is 0 Å². The Bertz CT molecular complexity index is 506. The molecule has 0 aliphatic heterocycles. The number of benzene rings is 2. The maximum Gasteiger partial charge on any atom is 0.0631 e. The van der Waals surface area contributed by atoms with Gasteiger partial charge in [-0.1, -0.05) is 40.2 Å². The number of hydrogen-bond donors (Lipinski definition) is 1. The van der Waals surface area contributed by atoms with Gasteiger partial charge in [-0.15, -0.1) is 0 Å². The summed E-state index contributed by atoms with van der Waals surface area (Å²) in [5.74, 6) is 0. The average molecular weight is 420 g/mol. The molecule has 88 valence electrons. The lowest BCUT2D eigenvalue weighted by molar-refractivity contribution is 1.13. The Morgan fingerprint density at radius 3 is 2.00 bits per heavy atom. The molecule has 4 heteroatoms. The van der Waals surface area contributed by atoms with Crippen molar-refractivity contribution in [2.45, 2.75) is 6.54 Å². The van der Waals surface area contributed by atoms with Gasteiger partial charge in [0.15, 0.2) is 0 Å². The SMILES string of the molecule is Brc1ccccc1CNc1c(Br)cccc1Br. The van der Waals surface area contributed by atoms with Gasteiger partial charge in [-0.05, 0) is 55.6 Å². The molecule has 0 saturated heterocycles. The zero-order valence-electron chi connectivity index (χ0n) is 8.88. The highest BCUT2D eigenvalue weighted by Crippen LogP contribution is 2.31. The van der Waals surface area contributed by atoms with E-state index in [4.69, 9.17) is 0 Å². The van der Waals surface area contributed by atoms with Crippen LogP contribution in [0.5, 0.6) is 0 Å². The molecule has 1 N–H and O–H groups in total. The number of hydrogen-bond acceptors (Lipinski definition) is 1. The first-order valence-corrected chi connectivity index (χ1v) is 7.47. The van der Waals surface area contributed by atoms with Crippen molar-refractivity contribution in [2.24, 2.45) is 0 Å². The Morgan fingerprint density at radius 2 is 1.35 bits per heavy atom. The Hall–Kier alpha value is -0.320. The second-order valence-corrected chi connectivity index (χ2v) is 6.10. The van der Waals surface area contributed by atoms with Gasteiger partial charge in [0.05, 0.1) is 5.69 Å². The van der Waals surface area contributed by atoms with Crippen molar-refractivity contribution in [3.8, 4) is 0 Å². The van der Waals surface area contributed by atoms with Gasteiger partial charge in [-0.3, -0.25) is 0 Å². The number of rotatable bonds is 3. The lowest BCUT2D eigenvalue weighted by atomic mass is 10.2. The van der Waals surface area contributed by atoms with Crippen LogP contribution in [0.4, 0.5) is 5.69 Å². The van der Waals surface area contributed by atoms with Crippen LogP contribution in [-0.4, -0.2) is 0 Å². The van der Waals surface area contributed by atoms with Gasteiger partial charge >= 0.3 is 0 Å². The molecule has 17 heavy (non-hydrogen) atoms. The molecule has 0 aliphatic carbocycles. The predicted molar refractivity (Wildman–Crippen MR) is 83.3 cm³/mol. The van der Waals surface area contributed by atoms with E-state index in [2.05, 4.69) is 59.2 Å². The smallest absolute Gasteiger partial charge is 0.0631 e. The minimum Gasteiger partial charge on any atom is -0.379 e. The summed E-state index contributed by atoms with van der Waals surface area (Å²) in [6.45, 7) is 0.780. The van der Waals surface area contributed by atoms with Crippen LogP contribution >= 0.6 is 47.8 Å². The monoisotopic (exact) mass is 417 g/mol. The van der Waals surface area contributed by atoms with Gasteiger partial charge in [-0.25, -0.2) is 0 Å². The second kappa shape index (κ2) is 6.03. The van der Waals surface area contributed by atoms with E-state index >= 15 is 0 Å². The van der Waals surface area contributed by atoms with E-state index in [0.717, 1.165) is 25.7 Å². The molecule has 0 radical (unpaired) electrons. The van der Waals surface area contributed by atoms with Crippen molar-refractivity contribution in [2.75, 3.05) is 5.32 Å². The number of para-hydroxylation sites is 1. The van der Waals surface area contributed by atoms with Crippen LogP contribution in [0.1, 0.15) is 5.56 Å². The molecule has 2 rings (SSSR count). The molecular formula is C13H10Br3N. The summed E-state index contributed by atoms with van der Waals surface area (Å²) < 4.78 is 3.23. The van der Waals surface area contributed by atoms with Crippen LogP contribution in [0.15, 0.2) is 55.9 Å². The highest BCUT2D eigenvalue weighted by atomic mass is 79.9. The van der Waals surface area contributed by atoms with Gasteiger partial charge in [0.25, 0.3) is 0 Å². The van der Waals surface area contributed by atoms with E-state index in [1.807, 2.05) is 36.4 Å². The van der Waals surface area contributed by atoms with Gasteiger partial charge in [-0.2, -0.15) is 0 Å². The molecule has 0 unspecified atom stereocenters. The largest absolute Gasteiger partial charge is 0.379 e. The summed E-state index contributed by atoms with van der Waals surface area (Å²) in [7, 11) is 0. The van der Waals surface area contributed by atoms with E-state index in [1.165, 1.54) is 5.56 Å². The third-order valence-corrected chi connectivity index (χ3v) is 4.47. The minimum atomic E-state index is 0.780. The normalized spacial score (nSPS) is 10.3. The zero-order valence-corrected chi connectivity index (χ0v) is 13.6. The summed E-state index contributed by atoms with van der Waals surface area (Å²) in [6.07, 6.45) is 0. The quantitative estimate of drug-likeness (QED) is 0.684. The summed E-state index contributed by atoms with van der Waals surface area (Å²) in [5, 5.41) is 3.41. The standard InChI is InChI=1S/C13H10Br3N/c14-10-5-2-1-4-9(10)8-17-13-11(15)6-3-7-12(13)16/h1-7,17H,8H2. The van der Waals surface area contributed by atoms with Crippen molar-refractivity contribution in [1.82, 2.24) is 0 Å². The van der Waals surface area contributed by atoms with E-state index in [1.54, 1.807) is 0 Å². The summed E-state index contributed by atoms with van der Waals surface area (Å²) in [4.78, 5) is 0. The first-order chi connectivity index (χ1) is 8.18. The van der Waals surface area contributed by atoms with Crippen LogP contribution < -0.4 is 5.32 Å². The summed E-state index contributed by atoms with van der Waals surface area (Å²) in [6, 6.07) is 14.2. The molecule has 1 nitrogen and oxygen atoms in total. The van der Waals surface area contributed by atoms with Crippen LogP contribution in [0.25, 0.3) is 0 Å². The molecule has 0 spiro atoms. The molecule has 0 aromatic heterocycles. The molecule has 0 bridgehead atoms. The van der Waals surface area contributed by atoms with Crippen LogP contribution in [0.3, 0.4) is 0 Å².